The van der Waals surface area contributed by atoms with Gasteiger partial charge >= 0.3 is 6.03 Å². The Morgan fingerprint density at radius 3 is 2.55 bits per heavy atom. The third-order valence-electron chi connectivity index (χ3n) is 2.80. The molecule has 0 saturated carbocycles. The molecule has 1 aliphatic rings. The SMILES string of the molecule is C=C(Cl)CN1C(=O)NC(=O)C(c2ccccc2Cl)C1=O. The molecule has 1 heterocycles. The number of amides is 4. The van der Waals surface area contributed by atoms with Crippen molar-refractivity contribution in [3.63, 3.8) is 0 Å². The summed E-state index contributed by atoms with van der Waals surface area (Å²) in [6.07, 6.45) is 0. The Hall–Kier alpha value is -1.85. The molecule has 1 aliphatic heterocycles. The molecular weight excluding hydrogens is 303 g/mol. The molecule has 1 unspecified atom stereocenters. The normalized spacial score (nSPS) is 19.0. The van der Waals surface area contributed by atoms with E-state index < -0.39 is 23.8 Å². The fraction of sp³-hybridized carbons (Fsp3) is 0.154. The van der Waals surface area contributed by atoms with Gasteiger partial charge in [0.2, 0.25) is 11.8 Å². The van der Waals surface area contributed by atoms with Crippen molar-refractivity contribution in [1.82, 2.24) is 10.2 Å². The molecular formula is C13H10Cl2N2O3. The van der Waals surface area contributed by atoms with Crippen molar-refractivity contribution >= 4 is 41.0 Å². The smallest absolute Gasteiger partial charge is 0.277 e. The van der Waals surface area contributed by atoms with E-state index in [0.717, 1.165) is 4.90 Å². The van der Waals surface area contributed by atoms with Crippen LogP contribution in [0.5, 0.6) is 0 Å². The number of imide groups is 2. The minimum Gasteiger partial charge on any atom is -0.277 e. The summed E-state index contributed by atoms with van der Waals surface area (Å²) in [6.45, 7) is 3.27. The Morgan fingerprint density at radius 1 is 1.30 bits per heavy atom. The zero-order valence-corrected chi connectivity index (χ0v) is 11.7. The molecule has 2 rings (SSSR count). The maximum Gasteiger partial charge on any atom is 0.331 e. The highest BCUT2D eigenvalue weighted by Crippen LogP contribution is 2.28. The Kier molecular flexibility index (Phi) is 4.11. The molecule has 5 nitrogen and oxygen atoms in total. The third kappa shape index (κ3) is 2.69. The van der Waals surface area contributed by atoms with Gasteiger partial charge in [0.1, 0.15) is 5.92 Å². The Balaban J connectivity index is 2.40. The van der Waals surface area contributed by atoms with Crippen LogP contribution in [-0.4, -0.2) is 29.3 Å². The predicted molar refractivity (Wildman–Crippen MR) is 74.4 cm³/mol. The summed E-state index contributed by atoms with van der Waals surface area (Å²) in [5, 5.41) is 2.50. The number of rotatable bonds is 3. The van der Waals surface area contributed by atoms with Crippen LogP contribution in [-0.2, 0) is 9.59 Å². The molecule has 1 aromatic carbocycles. The topological polar surface area (TPSA) is 66.5 Å². The number of carbonyl (C=O) groups excluding carboxylic acids is 3. The van der Waals surface area contributed by atoms with Gasteiger partial charge in [-0.2, -0.15) is 0 Å². The molecule has 0 aliphatic carbocycles. The summed E-state index contributed by atoms with van der Waals surface area (Å²) in [5.74, 6) is -2.55. The van der Waals surface area contributed by atoms with Gasteiger partial charge in [0.15, 0.2) is 0 Å². The largest absolute Gasteiger partial charge is 0.331 e. The quantitative estimate of drug-likeness (QED) is 0.871. The zero-order valence-electron chi connectivity index (χ0n) is 10.2. The average Bonchev–Trinajstić information content (AvgIpc) is 2.36. The van der Waals surface area contributed by atoms with E-state index in [9.17, 15) is 14.4 Å². The first-order valence-corrected chi connectivity index (χ1v) is 6.41. The lowest BCUT2D eigenvalue weighted by Crippen LogP contribution is -2.57. The van der Waals surface area contributed by atoms with Crippen molar-refractivity contribution in [2.75, 3.05) is 6.54 Å². The number of carbonyl (C=O) groups is 3. The van der Waals surface area contributed by atoms with E-state index in [2.05, 4.69) is 11.9 Å². The Bertz CT molecular complexity index is 615. The Morgan fingerprint density at radius 2 is 1.95 bits per heavy atom. The van der Waals surface area contributed by atoms with Crippen LogP contribution in [0.1, 0.15) is 11.5 Å². The van der Waals surface area contributed by atoms with Crippen molar-refractivity contribution in [2.45, 2.75) is 5.92 Å². The minimum absolute atomic E-state index is 0.112. The summed E-state index contributed by atoms with van der Waals surface area (Å²) in [4.78, 5) is 36.7. The molecule has 20 heavy (non-hydrogen) atoms. The molecule has 0 aromatic heterocycles. The van der Waals surface area contributed by atoms with Crippen molar-refractivity contribution in [1.29, 1.82) is 0 Å². The van der Waals surface area contributed by atoms with Crippen LogP contribution in [0.15, 0.2) is 35.9 Å². The summed E-state index contributed by atoms with van der Waals surface area (Å²) in [7, 11) is 0. The molecule has 0 bridgehead atoms. The fourth-order valence-electron chi connectivity index (χ4n) is 1.92. The van der Waals surface area contributed by atoms with Gasteiger partial charge in [-0.3, -0.25) is 19.8 Å². The van der Waals surface area contributed by atoms with Gasteiger partial charge in [0, 0.05) is 10.1 Å². The van der Waals surface area contributed by atoms with Gasteiger partial charge in [0.25, 0.3) is 0 Å². The first-order chi connectivity index (χ1) is 9.41. The van der Waals surface area contributed by atoms with E-state index in [4.69, 9.17) is 23.2 Å². The monoisotopic (exact) mass is 312 g/mol. The lowest BCUT2D eigenvalue weighted by atomic mass is 9.95. The summed E-state index contributed by atoms with van der Waals surface area (Å²) >= 11 is 11.6. The van der Waals surface area contributed by atoms with Gasteiger partial charge in [-0.05, 0) is 11.6 Å². The van der Waals surface area contributed by atoms with E-state index in [0.29, 0.717) is 5.56 Å². The zero-order chi connectivity index (χ0) is 14.9. The molecule has 1 fully saturated rings. The number of barbiturate groups is 1. The van der Waals surface area contributed by atoms with E-state index in [1.807, 2.05) is 0 Å². The van der Waals surface area contributed by atoms with Gasteiger partial charge < -0.3 is 0 Å². The Labute approximate surface area is 125 Å². The number of urea groups is 1. The lowest BCUT2D eigenvalue weighted by Gasteiger charge is -2.30. The summed E-state index contributed by atoms with van der Waals surface area (Å²) in [6, 6.07) is 5.65. The third-order valence-corrected chi connectivity index (χ3v) is 3.26. The standard InChI is InChI=1S/C13H10Cl2N2O3/c1-7(14)6-17-12(19)10(11(18)16-13(17)20)8-4-2-3-5-9(8)15/h2-5,10H,1,6H2,(H,16,18,20). The number of nitrogens with one attached hydrogen (secondary N) is 1. The fourth-order valence-corrected chi connectivity index (χ4v) is 2.28. The van der Waals surface area contributed by atoms with E-state index >= 15 is 0 Å². The molecule has 104 valence electrons. The van der Waals surface area contributed by atoms with Crippen LogP contribution in [0.2, 0.25) is 5.02 Å². The van der Waals surface area contributed by atoms with Gasteiger partial charge in [0.05, 0.1) is 6.54 Å². The van der Waals surface area contributed by atoms with Crippen LogP contribution >= 0.6 is 23.2 Å². The van der Waals surface area contributed by atoms with Crippen molar-refractivity contribution in [3.8, 4) is 0 Å². The highest BCUT2D eigenvalue weighted by atomic mass is 35.5. The van der Waals surface area contributed by atoms with Crippen molar-refractivity contribution in [2.24, 2.45) is 0 Å². The maximum atomic E-state index is 12.3. The molecule has 7 heteroatoms. The number of halogens is 2. The first-order valence-electron chi connectivity index (χ1n) is 5.65. The lowest BCUT2D eigenvalue weighted by molar-refractivity contribution is -0.138. The summed E-state index contributed by atoms with van der Waals surface area (Å²) in [5.41, 5.74) is 0.342. The number of benzene rings is 1. The van der Waals surface area contributed by atoms with Crippen LogP contribution < -0.4 is 5.32 Å². The van der Waals surface area contributed by atoms with E-state index in [1.165, 1.54) is 0 Å². The average molecular weight is 313 g/mol. The van der Waals surface area contributed by atoms with Gasteiger partial charge in [-0.15, -0.1) is 0 Å². The maximum absolute atomic E-state index is 12.3. The summed E-state index contributed by atoms with van der Waals surface area (Å²) < 4.78 is 0. The predicted octanol–water partition coefficient (Wildman–Crippen LogP) is 2.25. The van der Waals surface area contributed by atoms with Crippen molar-refractivity contribution in [3.05, 3.63) is 46.5 Å². The van der Waals surface area contributed by atoms with Gasteiger partial charge in [-0.1, -0.05) is 48.0 Å². The second-order valence-electron chi connectivity index (χ2n) is 4.19. The van der Waals surface area contributed by atoms with Crippen LogP contribution in [0, 0.1) is 0 Å². The molecule has 1 aromatic rings. The first kappa shape index (κ1) is 14.6. The molecule has 1 saturated heterocycles. The number of hydrogen-bond acceptors (Lipinski definition) is 3. The second-order valence-corrected chi connectivity index (χ2v) is 5.13. The minimum atomic E-state index is -1.17. The van der Waals surface area contributed by atoms with Crippen LogP contribution in [0.25, 0.3) is 0 Å². The van der Waals surface area contributed by atoms with E-state index in [1.54, 1.807) is 24.3 Å². The molecule has 0 spiro atoms. The molecule has 4 amide bonds. The number of nitrogens with zero attached hydrogens (tertiary/aromatic N) is 1. The second kappa shape index (κ2) is 5.64. The molecule has 1 N–H and O–H groups in total. The highest BCUT2D eigenvalue weighted by Gasteiger charge is 2.42. The van der Waals surface area contributed by atoms with Crippen LogP contribution in [0.4, 0.5) is 4.79 Å². The molecule has 1 atom stereocenters. The molecule has 0 radical (unpaired) electrons. The van der Waals surface area contributed by atoms with E-state index in [-0.39, 0.29) is 16.6 Å². The number of hydrogen-bond donors (Lipinski definition) is 1. The van der Waals surface area contributed by atoms with Crippen LogP contribution in [0.3, 0.4) is 0 Å². The highest BCUT2D eigenvalue weighted by molar-refractivity contribution is 6.33. The van der Waals surface area contributed by atoms with Crippen molar-refractivity contribution < 1.29 is 14.4 Å². The van der Waals surface area contributed by atoms with Gasteiger partial charge in [-0.25, -0.2) is 4.79 Å².